The van der Waals surface area contributed by atoms with E-state index in [4.69, 9.17) is 16.6 Å². The van der Waals surface area contributed by atoms with Gasteiger partial charge in [-0.25, -0.2) is 0 Å². The first kappa shape index (κ1) is 14.9. The van der Waals surface area contributed by atoms with Crippen molar-refractivity contribution in [1.29, 1.82) is 0 Å². The van der Waals surface area contributed by atoms with Crippen molar-refractivity contribution in [3.8, 4) is 0 Å². The van der Waals surface area contributed by atoms with E-state index in [1.54, 1.807) is 12.1 Å². The standard InChI is InChI=1S/C12H15N3O3S/c1-2-4-11(17)14-15-12(19)13-10(16)7-6-9-5-3-8-18-9/h3,5-8H,2,4H2,1H3,(H,14,17)(H2,13,15,16,19)/b7-6+. The Labute approximate surface area is 116 Å². The second kappa shape index (κ2) is 8.04. The summed E-state index contributed by atoms with van der Waals surface area (Å²) >= 11 is 4.83. The fourth-order valence-corrected chi connectivity index (χ4v) is 1.30. The van der Waals surface area contributed by atoms with E-state index in [9.17, 15) is 9.59 Å². The number of rotatable bonds is 4. The number of carbonyl (C=O) groups excluding carboxylic acids is 2. The third-order valence-corrected chi connectivity index (χ3v) is 2.18. The number of carbonyl (C=O) groups is 2. The first-order valence-corrected chi connectivity index (χ1v) is 6.14. The molecule has 19 heavy (non-hydrogen) atoms. The Morgan fingerprint density at radius 1 is 1.42 bits per heavy atom. The van der Waals surface area contributed by atoms with Gasteiger partial charge in [0.2, 0.25) is 11.8 Å². The Morgan fingerprint density at radius 2 is 2.21 bits per heavy atom. The third kappa shape index (κ3) is 6.37. The van der Waals surface area contributed by atoms with Crippen LogP contribution in [-0.4, -0.2) is 16.9 Å². The van der Waals surface area contributed by atoms with Crippen LogP contribution in [0.5, 0.6) is 0 Å². The van der Waals surface area contributed by atoms with E-state index in [-0.39, 0.29) is 11.0 Å². The molecule has 0 aliphatic carbocycles. The van der Waals surface area contributed by atoms with Gasteiger partial charge in [0.15, 0.2) is 5.11 Å². The highest BCUT2D eigenvalue weighted by Crippen LogP contribution is 2.01. The summed E-state index contributed by atoms with van der Waals surface area (Å²) in [4.78, 5) is 22.6. The molecule has 102 valence electrons. The van der Waals surface area contributed by atoms with E-state index < -0.39 is 5.91 Å². The fraction of sp³-hybridized carbons (Fsp3) is 0.250. The Balaban J connectivity index is 2.28. The zero-order valence-electron chi connectivity index (χ0n) is 10.4. The lowest BCUT2D eigenvalue weighted by molar-refractivity contribution is -0.122. The molecule has 0 bridgehead atoms. The average molecular weight is 281 g/mol. The Bertz CT molecular complexity index is 469. The lowest BCUT2D eigenvalue weighted by atomic mass is 10.3. The van der Waals surface area contributed by atoms with Gasteiger partial charge in [0, 0.05) is 12.5 Å². The maximum absolute atomic E-state index is 11.4. The van der Waals surface area contributed by atoms with Crippen molar-refractivity contribution in [2.75, 3.05) is 0 Å². The molecule has 0 aromatic carbocycles. The molecule has 1 rings (SSSR count). The first-order valence-electron chi connectivity index (χ1n) is 5.73. The van der Waals surface area contributed by atoms with Crippen LogP contribution < -0.4 is 16.2 Å². The molecule has 0 saturated carbocycles. The van der Waals surface area contributed by atoms with Crippen LogP contribution in [0.15, 0.2) is 28.9 Å². The van der Waals surface area contributed by atoms with E-state index in [0.29, 0.717) is 12.2 Å². The maximum atomic E-state index is 11.4. The summed E-state index contributed by atoms with van der Waals surface area (Å²) < 4.78 is 5.02. The van der Waals surface area contributed by atoms with Gasteiger partial charge in [-0.3, -0.25) is 25.8 Å². The molecule has 0 spiro atoms. The summed E-state index contributed by atoms with van der Waals surface area (Å²) in [7, 11) is 0. The van der Waals surface area contributed by atoms with Gasteiger partial charge in [-0.05, 0) is 36.8 Å². The smallest absolute Gasteiger partial charge is 0.250 e. The highest BCUT2D eigenvalue weighted by Gasteiger charge is 2.02. The van der Waals surface area contributed by atoms with Crippen LogP contribution in [0.2, 0.25) is 0 Å². The van der Waals surface area contributed by atoms with Crippen molar-refractivity contribution >= 4 is 35.2 Å². The van der Waals surface area contributed by atoms with E-state index >= 15 is 0 Å². The summed E-state index contributed by atoms with van der Waals surface area (Å²) in [5.41, 5.74) is 4.80. The first-order chi connectivity index (χ1) is 9.11. The molecule has 6 nitrogen and oxygen atoms in total. The van der Waals surface area contributed by atoms with E-state index in [1.165, 1.54) is 18.4 Å². The molecular weight excluding hydrogens is 266 g/mol. The van der Waals surface area contributed by atoms with Gasteiger partial charge in [-0.2, -0.15) is 0 Å². The van der Waals surface area contributed by atoms with Crippen molar-refractivity contribution in [2.45, 2.75) is 19.8 Å². The molecule has 0 atom stereocenters. The molecule has 7 heteroatoms. The number of thiocarbonyl (C=S) groups is 1. The molecule has 0 fully saturated rings. The monoisotopic (exact) mass is 281 g/mol. The maximum Gasteiger partial charge on any atom is 0.250 e. The van der Waals surface area contributed by atoms with Crippen LogP contribution in [0.4, 0.5) is 0 Å². The Hall–Kier alpha value is -2.15. The number of hydrogen-bond acceptors (Lipinski definition) is 4. The van der Waals surface area contributed by atoms with Crippen LogP contribution >= 0.6 is 12.2 Å². The minimum Gasteiger partial charge on any atom is -0.465 e. The molecular formula is C12H15N3O3S. The van der Waals surface area contributed by atoms with Gasteiger partial charge in [0.25, 0.3) is 0 Å². The van der Waals surface area contributed by atoms with Crippen LogP contribution in [0, 0.1) is 0 Å². The summed E-state index contributed by atoms with van der Waals surface area (Å²) in [6.45, 7) is 1.89. The number of nitrogens with one attached hydrogen (secondary N) is 3. The highest BCUT2D eigenvalue weighted by molar-refractivity contribution is 7.80. The zero-order valence-corrected chi connectivity index (χ0v) is 11.3. The summed E-state index contributed by atoms with van der Waals surface area (Å²) in [6.07, 6.45) is 5.42. The van der Waals surface area contributed by atoms with Crippen LogP contribution in [0.25, 0.3) is 6.08 Å². The summed E-state index contributed by atoms with van der Waals surface area (Å²) in [5, 5.41) is 2.40. The van der Waals surface area contributed by atoms with Crippen molar-refractivity contribution in [3.05, 3.63) is 30.2 Å². The van der Waals surface area contributed by atoms with Crippen molar-refractivity contribution in [3.63, 3.8) is 0 Å². The van der Waals surface area contributed by atoms with Gasteiger partial charge < -0.3 is 4.42 Å². The minimum absolute atomic E-state index is 0.0264. The number of hydrazine groups is 1. The molecule has 0 unspecified atom stereocenters. The lowest BCUT2D eigenvalue weighted by Gasteiger charge is -2.08. The van der Waals surface area contributed by atoms with Gasteiger partial charge >= 0.3 is 0 Å². The molecule has 0 aliphatic heterocycles. The predicted molar refractivity (Wildman–Crippen MR) is 74.7 cm³/mol. The molecule has 0 aliphatic rings. The largest absolute Gasteiger partial charge is 0.465 e. The molecule has 1 heterocycles. The van der Waals surface area contributed by atoms with E-state index in [1.807, 2.05) is 6.92 Å². The van der Waals surface area contributed by atoms with Crippen LogP contribution in [0.1, 0.15) is 25.5 Å². The predicted octanol–water partition coefficient (Wildman–Crippen LogP) is 1.11. The minimum atomic E-state index is -0.418. The van der Waals surface area contributed by atoms with Gasteiger partial charge in [-0.1, -0.05) is 6.92 Å². The topological polar surface area (TPSA) is 83.4 Å². The number of amides is 2. The SMILES string of the molecule is CCCC(=O)NNC(=S)NC(=O)/C=C/c1ccco1. The quantitative estimate of drug-likeness (QED) is 0.437. The van der Waals surface area contributed by atoms with Gasteiger partial charge in [-0.15, -0.1) is 0 Å². The third-order valence-electron chi connectivity index (χ3n) is 1.97. The van der Waals surface area contributed by atoms with Crippen LogP contribution in [0.3, 0.4) is 0 Å². The number of furan rings is 1. The van der Waals surface area contributed by atoms with Crippen molar-refractivity contribution < 1.29 is 14.0 Å². The molecule has 0 radical (unpaired) electrons. The Kier molecular flexibility index (Phi) is 6.31. The zero-order chi connectivity index (χ0) is 14.1. The molecule has 1 aromatic rings. The molecule has 2 amide bonds. The second-order valence-corrected chi connectivity index (χ2v) is 4.00. The average Bonchev–Trinajstić information content (AvgIpc) is 2.87. The highest BCUT2D eigenvalue weighted by atomic mass is 32.1. The normalized spacial score (nSPS) is 10.2. The van der Waals surface area contributed by atoms with E-state index in [0.717, 1.165) is 6.42 Å². The van der Waals surface area contributed by atoms with E-state index in [2.05, 4.69) is 16.2 Å². The van der Waals surface area contributed by atoms with Crippen LogP contribution in [-0.2, 0) is 9.59 Å². The summed E-state index contributed by atoms with van der Waals surface area (Å²) in [6, 6.07) is 3.43. The van der Waals surface area contributed by atoms with Crippen molar-refractivity contribution in [1.82, 2.24) is 16.2 Å². The van der Waals surface area contributed by atoms with Crippen molar-refractivity contribution in [2.24, 2.45) is 0 Å². The van der Waals surface area contributed by atoms with Gasteiger partial charge in [0.1, 0.15) is 5.76 Å². The molecule has 3 N–H and O–H groups in total. The molecule has 0 saturated heterocycles. The number of hydrogen-bond donors (Lipinski definition) is 3. The second-order valence-electron chi connectivity index (χ2n) is 3.59. The Morgan fingerprint density at radius 3 is 2.84 bits per heavy atom. The van der Waals surface area contributed by atoms with Gasteiger partial charge in [0.05, 0.1) is 6.26 Å². The fourth-order valence-electron chi connectivity index (χ4n) is 1.14. The summed E-state index contributed by atoms with van der Waals surface area (Å²) in [5.74, 6) is -0.0471. The lowest BCUT2D eigenvalue weighted by Crippen LogP contribution is -2.48. The molecule has 1 aromatic heterocycles.